The van der Waals surface area contributed by atoms with E-state index >= 15 is 0 Å². The normalized spacial score (nSPS) is 15.9. The summed E-state index contributed by atoms with van der Waals surface area (Å²) in [5, 5.41) is 0. The van der Waals surface area contributed by atoms with Gasteiger partial charge in [0.15, 0.2) is 33.8 Å². The summed E-state index contributed by atoms with van der Waals surface area (Å²) >= 11 is -2.95. The van der Waals surface area contributed by atoms with Crippen molar-refractivity contribution >= 4 is 33.7 Å². The zero-order valence-corrected chi connectivity index (χ0v) is 27.7. The molecule has 4 N–H and O–H groups in total. The second-order valence-electron chi connectivity index (χ2n) is 13.3. The highest BCUT2D eigenvalue weighted by Gasteiger charge is 2.39. The molecule has 0 aromatic heterocycles. The van der Waals surface area contributed by atoms with Crippen LogP contribution in [0.3, 0.4) is 0 Å². The lowest BCUT2D eigenvalue weighted by Gasteiger charge is -2.39. The van der Waals surface area contributed by atoms with Crippen molar-refractivity contribution in [2.75, 3.05) is 22.5 Å². The van der Waals surface area contributed by atoms with Crippen LogP contribution in [0.2, 0.25) is 0 Å². The molecule has 0 bridgehead atoms. The molecule has 1 heterocycles. The van der Waals surface area contributed by atoms with Gasteiger partial charge in [0.25, 0.3) is 0 Å². The highest BCUT2D eigenvalue weighted by atomic mass is 32.2. The zero-order valence-electron chi connectivity index (χ0n) is 26.1. The largest absolute Gasteiger partial charge is 0.452 e. The van der Waals surface area contributed by atoms with Crippen molar-refractivity contribution in [2.24, 2.45) is 0 Å². The van der Waals surface area contributed by atoms with Crippen molar-refractivity contribution < 1.29 is 13.2 Å². The summed E-state index contributed by atoms with van der Waals surface area (Å²) in [5.74, 6) is 1.29. The molecular weight excluding hydrogens is 541 g/mol. The van der Waals surface area contributed by atoms with Crippen molar-refractivity contribution in [3.63, 3.8) is 0 Å². The van der Waals surface area contributed by atoms with Gasteiger partial charge in [0, 0.05) is 29.6 Å². The first kappa shape index (κ1) is 32.6. The summed E-state index contributed by atoms with van der Waals surface area (Å²) in [6, 6.07) is 8.52. The number of benzene rings is 2. The smallest absolute Gasteiger partial charge is 0.193 e. The maximum atomic E-state index is 13.0. The van der Waals surface area contributed by atoms with E-state index in [1.54, 1.807) is 0 Å². The summed E-state index contributed by atoms with van der Waals surface area (Å²) in [6.07, 6.45) is 3.93. The maximum Gasteiger partial charge on any atom is 0.193 e. The van der Waals surface area contributed by atoms with Crippen molar-refractivity contribution in [3.05, 3.63) is 46.5 Å². The number of fused-ring (bicyclic) bond motifs is 2. The third-order valence-corrected chi connectivity index (χ3v) is 9.14. The third kappa shape index (κ3) is 7.66. The van der Waals surface area contributed by atoms with Crippen LogP contribution < -0.4 is 23.6 Å². The Morgan fingerprint density at radius 2 is 1.07 bits per heavy atom. The Labute approximate surface area is 247 Å². The lowest BCUT2D eigenvalue weighted by Crippen LogP contribution is -2.30. The number of hydrogen-bond donors (Lipinski definition) is 4. The van der Waals surface area contributed by atoms with Crippen LogP contribution in [0.15, 0.2) is 24.3 Å². The molecule has 224 valence electrons. The number of anilines is 2. The quantitative estimate of drug-likeness (QED) is 0.193. The molecule has 9 heteroatoms. The summed E-state index contributed by atoms with van der Waals surface area (Å²) in [5.41, 5.74) is 4.98. The van der Waals surface area contributed by atoms with Gasteiger partial charge in [-0.15, -0.1) is 0 Å². The first-order chi connectivity index (χ1) is 18.6. The van der Waals surface area contributed by atoms with E-state index < -0.39 is 27.8 Å². The van der Waals surface area contributed by atoms with Crippen LogP contribution in [0.4, 0.5) is 11.4 Å². The van der Waals surface area contributed by atoms with E-state index in [0.29, 0.717) is 36.0 Å². The van der Waals surface area contributed by atoms with Gasteiger partial charge in [-0.1, -0.05) is 94.2 Å². The van der Waals surface area contributed by atoms with E-state index in [9.17, 15) is 8.42 Å². The average Bonchev–Trinajstić information content (AvgIpc) is 2.84. The predicted octanol–water partition coefficient (Wildman–Crippen LogP) is 7.47. The van der Waals surface area contributed by atoms with Crippen molar-refractivity contribution in [1.29, 1.82) is 0 Å². The van der Waals surface area contributed by atoms with Crippen LogP contribution in [0.5, 0.6) is 11.5 Å². The Balaban J connectivity index is 2.17. The van der Waals surface area contributed by atoms with E-state index in [1.165, 1.54) is 0 Å². The molecule has 2 unspecified atom stereocenters. The molecule has 40 heavy (non-hydrogen) atoms. The van der Waals surface area contributed by atoms with Gasteiger partial charge >= 0.3 is 0 Å². The second kappa shape index (κ2) is 12.9. The van der Waals surface area contributed by atoms with E-state index in [4.69, 9.17) is 4.74 Å². The molecule has 3 rings (SSSR count). The van der Waals surface area contributed by atoms with Crippen LogP contribution >= 0.6 is 0 Å². The molecule has 0 fully saturated rings. The monoisotopic (exact) mass is 590 g/mol. The fraction of sp³-hybridized carbons (Fsp3) is 0.613. The number of ether oxygens (including phenoxy) is 1. The molecule has 2 aromatic rings. The molecule has 1 aliphatic rings. The third-order valence-electron chi connectivity index (χ3n) is 7.39. The van der Waals surface area contributed by atoms with E-state index in [1.807, 2.05) is 12.1 Å². The summed E-state index contributed by atoms with van der Waals surface area (Å²) in [4.78, 5) is 0. The number of hydrogen-bond acceptors (Lipinski definition) is 3. The Morgan fingerprint density at radius 3 is 1.40 bits per heavy atom. The van der Waals surface area contributed by atoms with Crippen LogP contribution in [0.25, 0.3) is 0 Å². The molecule has 0 saturated carbocycles. The maximum absolute atomic E-state index is 13.0. The standard InChI is InChI=1S/C31H50N4O3S2/c1-11-13-15-32-39(36)34-25-19-21(29(3,4)5)17-23-27(25)38-28-24(31(23,9)10)18-22(30(6,7)8)20-26(28)35-40(37)33-16-14-12-2/h17-20,32-35H,11-16H2,1-10H3. The van der Waals surface area contributed by atoms with Crippen LogP contribution in [-0.2, 0) is 38.6 Å². The average molecular weight is 591 g/mol. The van der Waals surface area contributed by atoms with Gasteiger partial charge in [-0.05, 0) is 46.9 Å². The molecule has 1 aliphatic heterocycles. The summed E-state index contributed by atoms with van der Waals surface area (Å²) in [7, 11) is 0. The first-order valence-corrected chi connectivity index (χ1v) is 16.8. The minimum Gasteiger partial charge on any atom is -0.452 e. The van der Waals surface area contributed by atoms with Crippen molar-refractivity contribution in [2.45, 2.75) is 111 Å². The van der Waals surface area contributed by atoms with Crippen molar-refractivity contribution in [1.82, 2.24) is 9.44 Å². The first-order valence-electron chi connectivity index (χ1n) is 14.5. The molecule has 7 nitrogen and oxygen atoms in total. The molecule has 0 amide bonds. The topological polar surface area (TPSA) is 91.5 Å². The Morgan fingerprint density at radius 1 is 0.700 bits per heavy atom. The fourth-order valence-electron chi connectivity index (χ4n) is 4.63. The predicted molar refractivity (Wildman–Crippen MR) is 172 cm³/mol. The molecule has 2 atom stereocenters. The van der Waals surface area contributed by atoms with Crippen molar-refractivity contribution in [3.8, 4) is 11.5 Å². The number of nitrogens with one attached hydrogen (secondary N) is 4. The minimum absolute atomic E-state index is 0.125. The van der Waals surface area contributed by atoms with E-state index in [0.717, 1.165) is 47.9 Å². The van der Waals surface area contributed by atoms with Gasteiger partial charge in [-0.25, -0.2) is 17.9 Å². The van der Waals surface area contributed by atoms with Gasteiger partial charge in [0.2, 0.25) is 0 Å². The van der Waals surface area contributed by atoms with Gasteiger partial charge in [-0.3, -0.25) is 9.44 Å². The van der Waals surface area contributed by atoms with E-state index in [2.05, 4.69) is 100 Å². The molecule has 0 spiro atoms. The molecule has 0 aliphatic carbocycles. The van der Waals surface area contributed by atoms with E-state index in [-0.39, 0.29) is 10.8 Å². The molecule has 0 saturated heterocycles. The Hall–Kier alpha value is -1.94. The second-order valence-corrected chi connectivity index (χ2v) is 15.3. The molecular formula is C31H50N4O3S2. The Kier molecular flexibility index (Phi) is 10.5. The van der Waals surface area contributed by atoms with Gasteiger partial charge < -0.3 is 4.74 Å². The van der Waals surface area contributed by atoms with Gasteiger partial charge in [0.05, 0.1) is 11.4 Å². The molecule has 0 radical (unpaired) electrons. The molecule has 2 aromatic carbocycles. The van der Waals surface area contributed by atoms with Gasteiger partial charge in [0.1, 0.15) is 0 Å². The SMILES string of the molecule is CCCCNS(=O)Nc1cc(C(C)(C)C)cc2c1Oc1c(NS(=O)NCCCC)cc(C(C)(C)C)cc1C2(C)C. The fourth-order valence-corrected chi connectivity index (χ4v) is 6.13. The summed E-state index contributed by atoms with van der Waals surface area (Å²) in [6.45, 7) is 23.0. The Bertz CT molecular complexity index is 1150. The highest BCUT2D eigenvalue weighted by Crippen LogP contribution is 2.55. The van der Waals surface area contributed by atoms with Crippen LogP contribution in [0.1, 0.15) is 117 Å². The van der Waals surface area contributed by atoms with Gasteiger partial charge in [-0.2, -0.15) is 0 Å². The summed E-state index contributed by atoms with van der Waals surface area (Å²) < 4.78 is 45.2. The number of rotatable bonds is 12. The lowest BCUT2D eigenvalue weighted by atomic mass is 9.71. The highest BCUT2D eigenvalue weighted by molar-refractivity contribution is 7.84. The van der Waals surface area contributed by atoms with Crippen LogP contribution in [-0.4, -0.2) is 21.5 Å². The minimum atomic E-state index is -1.48. The zero-order chi connectivity index (χ0) is 29.9. The lowest BCUT2D eigenvalue weighted by molar-refractivity contribution is 0.419. The van der Waals surface area contributed by atoms with Crippen LogP contribution in [0, 0.1) is 0 Å². The number of unbranched alkanes of at least 4 members (excludes halogenated alkanes) is 2.